The highest BCUT2D eigenvalue weighted by Crippen LogP contribution is 2.27. The molecule has 1 aliphatic heterocycles. The molecule has 0 fully saturated rings. The largest absolute Gasteiger partial charge is 0.491 e. The maximum atomic E-state index is 12.5. The zero-order valence-corrected chi connectivity index (χ0v) is 15.1. The van der Waals surface area contributed by atoms with Crippen LogP contribution in [-0.2, 0) is 11.3 Å². The van der Waals surface area contributed by atoms with E-state index in [1.54, 1.807) is 11.9 Å². The standard InChI is InChI=1S/C16H22BrN3O3/c1-10(2)14(15(21)18-3)19-16(22)20-6-7-23-13-8-12(17)5-4-11(13)9-20/h4-5,8,10,14H,6-7,9H2,1-3H3,(H,18,21)(H,19,22)/t14-/m0/s1. The number of nitrogens with zero attached hydrogens (tertiary/aromatic N) is 1. The summed E-state index contributed by atoms with van der Waals surface area (Å²) in [7, 11) is 1.57. The summed E-state index contributed by atoms with van der Waals surface area (Å²) in [5, 5.41) is 5.40. The van der Waals surface area contributed by atoms with Crippen molar-refractivity contribution in [3.63, 3.8) is 0 Å². The lowest BCUT2D eigenvalue weighted by molar-refractivity contribution is -0.123. The van der Waals surface area contributed by atoms with Crippen LogP contribution in [0, 0.1) is 5.92 Å². The topological polar surface area (TPSA) is 70.7 Å². The number of carbonyl (C=O) groups excluding carboxylic acids is 2. The fraction of sp³-hybridized carbons (Fsp3) is 0.500. The van der Waals surface area contributed by atoms with Gasteiger partial charge in [-0.25, -0.2) is 4.79 Å². The van der Waals surface area contributed by atoms with Crippen molar-refractivity contribution in [2.75, 3.05) is 20.2 Å². The Morgan fingerprint density at radius 2 is 2.09 bits per heavy atom. The highest BCUT2D eigenvalue weighted by molar-refractivity contribution is 9.10. The molecule has 1 aromatic carbocycles. The smallest absolute Gasteiger partial charge is 0.318 e. The molecule has 0 saturated heterocycles. The molecular weight excluding hydrogens is 362 g/mol. The lowest BCUT2D eigenvalue weighted by Gasteiger charge is -2.26. The van der Waals surface area contributed by atoms with Crippen LogP contribution in [0.3, 0.4) is 0 Å². The first kappa shape index (κ1) is 17.6. The van der Waals surface area contributed by atoms with Gasteiger partial charge < -0.3 is 20.3 Å². The summed E-state index contributed by atoms with van der Waals surface area (Å²) >= 11 is 3.42. The Labute approximate surface area is 144 Å². The Morgan fingerprint density at radius 3 is 2.74 bits per heavy atom. The minimum absolute atomic E-state index is 0.00497. The second-order valence-corrected chi connectivity index (χ2v) is 6.72. The third-order valence-electron chi connectivity index (χ3n) is 3.77. The number of hydrogen-bond acceptors (Lipinski definition) is 3. The van der Waals surface area contributed by atoms with Crippen LogP contribution in [0.25, 0.3) is 0 Å². The molecule has 0 aliphatic carbocycles. The Balaban J connectivity index is 2.10. The molecule has 126 valence electrons. The van der Waals surface area contributed by atoms with Crippen molar-refractivity contribution in [3.8, 4) is 5.75 Å². The van der Waals surface area contributed by atoms with Crippen LogP contribution in [-0.4, -0.2) is 43.1 Å². The van der Waals surface area contributed by atoms with E-state index in [0.29, 0.717) is 19.7 Å². The number of halogens is 1. The summed E-state index contributed by atoms with van der Waals surface area (Å²) in [5.41, 5.74) is 0.946. The highest BCUT2D eigenvalue weighted by atomic mass is 79.9. The third-order valence-corrected chi connectivity index (χ3v) is 4.26. The average Bonchev–Trinajstić information content (AvgIpc) is 2.73. The summed E-state index contributed by atoms with van der Waals surface area (Å²) in [4.78, 5) is 26.1. The molecule has 0 radical (unpaired) electrons. The number of fused-ring (bicyclic) bond motifs is 1. The summed E-state index contributed by atoms with van der Waals surface area (Å²) in [6, 6.07) is 4.94. The van der Waals surface area contributed by atoms with Crippen molar-refractivity contribution in [3.05, 3.63) is 28.2 Å². The summed E-state index contributed by atoms with van der Waals surface area (Å²) in [5.74, 6) is 0.593. The Kier molecular flexibility index (Phi) is 5.87. The zero-order chi connectivity index (χ0) is 17.0. The molecule has 3 amide bonds. The predicted molar refractivity (Wildman–Crippen MR) is 91.3 cm³/mol. The Hall–Kier alpha value is -1.76. The number of amides is 3. The van der Waals surface area contributed by atoms with Gasteiger partial charge in [0.15, 0.2) is 0 Å². The minimum Gasteiger partial charge on any atom is -0.491 e. The molecule has 0 unspecified atom stereocenters. The van der Waals surface area contributed by atoms with Crippen LogP contribution in [0.2, 0.25) is 0 Å². The number of urea groups is 1. The van der Waals surface area contributed by atoms with Crippen LogP contribution in [0.15, 0.2) is 22.7 Å². The van der Waals surface area contributed by atoms with Crippen molar-refractivity contribution in [2.45, 2.75) is 26.4 Å². The van der Waals surface area contributed by atoms with Gasteiger partial charge in [0.1, 0.15) is 18.4 Å². The maximum absolute atomic E-state index is 12.5. The molecule has 23 heavy (non-hydrogen) atoms. The normalized spacial score (nSPS) is 15.3. The zero-order valence-electron chi connectivity index (χ0n) is 13.6. The maximum Gasteiger partial charge on any atom is 0.318 e. The first-order valence-electron chi connectivity index (χ1n) is 7.60. The van der Waals surface area contributed by atoms with Crippen LogP contribution in [0.4, 0.5) is 4.79 Å². The van der Waals surface area contributed by atoms with Crippen molar-refractivity contribution < 1.29 is 14.3 Å². The van der Waals surface area contributed by atoms with Gasteiger partial charge in [-0.15, -0.1) is 0 Å². The molecule has 0 spiro atoms. The van der Waals surface area contributed by atoms with Crippen molar-refractivity contribution in [2.24, 2.45) is 5.92 Å². The first-order valence-corrected chi connectivity index (χ1v) is 8.40. The van der Waals surface area contributed by atoms with E-state index < -0.39 is 6.04 Å². The van der Waals surface area contributed by atoms with Crippen molar-refractivity contribution in [1.82, 2.24) is 15.5 Å². The van der Waals surface area contributed by atoms with Crippen LogP contribution in [0.1, 0.15) is 19.4 Å². The average molecular weight is 384 g/mol. The van der Waals surface area contributed by atoms with Crippen molar-refractivity contribution in [1.29, 1.82) is 0 Å². The molecular formula is C16H22BrN3O3. The van der Waals surface area contributed by atoms with E-state index in [9.17, 15) is 9.59 Å². The fourth-order valence-electron chi connectivity index (χ4n) is 2.43. The van der Waals surface area contributed by atoms with Gasteiger partial charge >= 0.3 is 6.03 Å². The van der Waals surface area contributed by atoms with Crippen molar-refractivity contribution >= 4 is 27.9 Å². The molecule has 2 N–H and O–H groups in total. The first-order chi connectivity index (χ1) is 10.9. The van der Waals surface area contributed by atoms with E-state index in [2.05, 4.69) is 26.6 Å². The molecule has 6 nitrogen and oxygen atoms in total. The van der Waals surface area contributed by atoms with Gasteiger partial charge in [0.05, 0.1) is 13.1 Å². The van der Waals surface area contributed by atoms with E-state index in [4.69, 9.17) is 4.74 Å². The van der Waals surface area contributed by atoms with Gasteiger partial charge in [-0.3, -0.25) is 4.79 Å². The van der Waals surface area contributed by atoms with Crippen LogP contribution >= 0.6 is 15.9 Å². The fourth-order valence-corrected chi connectivity index (χ4v) is 2.77. The number of rotatable bonds is 3. The van der Waals surface area contributed by atoms with E-state index in [1.165, 1.54) is 0 Å². The summed E-state index contributed by atoms with van der Waals surface area (Å²) < 4.78 is 6.64. The van der Waals surface area contributed by atoms with E-state index in [-0.39, 0.29) is 17.9 Å². The molecule has 1 atom stereocenters. The molecule has 0 aromatic heterocycles. The van der Waals surface area contributed by atoms with Crippen LogP contribution < -0.4 is 15.4 Å². The third kappa shape index (κ3) is 4.37. The van der Waals surface area contributed by atoms with Gasteiger partial charge in [0.2, 0.25) is 5.91 Å². The molecule has 0 saturated carbocycles. The highest BCUT2D eigenvalue weighted by Gasteiger charge is 2.27. The van der Waals surface area contributed by atoms with Gasteiger partial charge in [0, 0.05) is 17.1 Å². The van der Waals surface area contributed by atoms with Gasteiger partial charge in [-0.05, 0) is 18.1 Å². The molecule has 7 heteroatoms. The number of carbonyl (C=O) groups is 2. The lowest BCUT2D eigenvalue weighted by Crippen LogP contribution is -2.53. The van der Waals surface area contributed by atoms with E-state index in [0.717, 1.165) is 15.8 Å². The Morgan fingerprint density at radius 1 is 1.35 bits per heavy atom. The molecule has 1 aliphatic rings. The number of ether oxygens (including phenoxy) is 1. The van der Waals surface area contributed by atoms with E-state index in [1.807, 2.05) is 32.0 Å². The monoisotopic (exact) mass is 383 g/mol. The number of nitrogens with one attached hydrogen (secondary N) is 2. The molecule has 1 heterocycles. The quantitative estimate of drug-likeness (QED) is 0.839. The molecule has 2 rings (SSSR count). The minimum atomic E-state index is -0.555. The second-order valence-electron chi connectivity index (χ2n) is 5.81. The lowest BCUT2D eigenvalue weighted by atomic mass is 10.0. The number of benzene rings is 1. The Bertz CT molecular complexity index is 592. The van der Waals surface area contributed by atoms with E-state index >= 15 is 0 Å². The molecule has 0 bridgehead atoms. The SMILES string of the molecule is CNC(=O)[C@@H](NC(=O)N1CCOc2cc(Br)ccc2C1)C(C)C. The van der Waals surface area contributed by atoms with Crippen LogP contribution in [0.5, 0.6) is 5.75 Å². The summed E-state index contributed by atoms with van der Waals surface area (Å²) in [6.45, 7) is 5.14. The second kappa shape index (κ2) is 7.68. The predicted octanol–water partition coefficient (Wildman–Crippen LogP) is 2.12. The number of hydrogen-bond donors (Lipinski definition) is 2. The number of likely N-dealkylation sites (N-methyl/N-ethyl adjacent to an activating group) is 1. The van der Waals surface area contributed by atoms with Gasteiger partial charge in [-0.2, -0.15) is 0 Å². The summed E-state index contributed by atoms with van der Waals surface area (Å²) in [6.07, 6.45) is 0. The molecule has 1 aromatic rings. The van der Waals surface area contributed by atoms with Gasteiger partial charge in [0.25, 0.3) is 0 Å². The van der Waals surface area contributed by atoms with Gasteiger partial charge in [-0.1, -0.05) is 35.8 Å².